The lowest BCUT2D eigenvalue weighted by molar-refractivity contribution is -0.135. The predicted octanol–water partition coefficient (Wildman–Crippen LogP) is 0.311. The molecule has 0 aromatic heterocycles. The fourth-order valence-corrected chi connectivity index (χ4v) is 1.30. The summed E-state index contributed by atoms with van der Waals surface area (Å²) >= 11 is 0. The molecule has 1 N–H and O–H groups in total. The van der Waals surface area contributed by atoms with Crippen LogP contribution < -0.4 is 5.32 Å². The van der Waals surface area contributed by atoms with Crippen LogP contribution >= 0.6 is 0 Å². The summed E-state index contributed by atoms with van der Waals surface area (Å²) < 4.78 is 0. The van der Waals surface area contributed by atoms with Gasteiger partial charge in [0, 0.05) is 25.6 Å². The standard InChI is InChI=1S/C12H25N3O2/c1-10(16)15(8-7-14(5)6)9-11(17)13-12(2,3)4/h7-9H2,1-6H3,(H,13,17). The van der Waals surface area contributed by atoms with E-state index in [4.69, 9.17) is 0 Å². The van der Waals surface area contributed by atoms with E-state index in [9.17, 15) is 9.59 Å². The van der Waals surface area contributed by atoms with Gasteiger partial charge in [-0.15, -0.1) is 0 Å². The van der Waals surface area contributed by atoms with Crippen molar-refractivity contribution in [2.75, 3.05) is 33.7 Å². The molecule has 0 fully saturated rings. The quantitative estimate of drug-likeness (QED) is 0.756. The second-order valence-electron chi connectivity index (χ2n) is 5.54. The topological polar surface area (TPSA) is 52.7 Å². The molecule has 100 valence electrons. The van der Waals surface area contributed by atoms with Crippen LogP contribution in [0.3, 0.4) is 0 Å². The molecule has 5 nitrogen and oxygen atoms in total. The Morgan fingerprint density at radius 2 is 1.65 bits per heavy atom. The predicted molar refractivity (Wildman–Crippen MR) is 68.7 cm³/mol. The highest BCUT2D eigenvalue weighted by Gasteiger charge is 2.18. The number of rotatable bonds is 5. The summed E-state index contributed by atoms with van der Waals surface area (Å²) in [7, 11) is 3.88. The van der Waals surface area contributed by atoms with E-state index in [2.05, 4.69) is 5.32 Å². The molecule has 0 saturated carbocycles. The van der Waals surface area contributed by atoms with E-state index >= 15 is 0 Å². The average Bonchev–Trinajstić information content (AvgIpc) is 2.08. The maximum atomic E-state index is 11.7. The lowest BCUT2D eigenvalue weighted by atomic mass is 10.1. The molecule has 0 bridgehead atoms. The zero-order valence-electron chi connectivity index (χ0n) is 11.8. The number of carbonyl (C=O) groups is 2. The van der Waals surface area contributed by atoms with Crippen molar-refractivity contribution in [3.8, 4) is 0 Å². The molecular formula is C12H25N3O2. The van der Waals surface area contributed by atoms with Gasteiger partial charge in [0.25, 0.3) is 0 Å². The van der Waals surface area contributed by atoms with Crippen molar-refractivity contribution in [1.82, 2.24) is 15.1 Å². The monoisotopic (exact) mass is 243 g/mol. The highest BCUT2D eigenvalue weighted by Crippen LogP contribution is 1.99. The van der Waals surface area contributed by atoms with Crippen LogP contribution in [-0.4, -0.2) is 60.9 Å². The van der Waals surface area contributed by atoms with Crippen molar-refractivity contribution >= 4 is 11.8 Å². The van der Waals surface area contributed by atoms with Crippen molar-refractivity contribution in [3.05, 3.63) is 0 Å². The molecule has 0 atom stereocenters. The Bertz CT molecular complexity index is 269. The van der Waals surface area contributed by atoms with Crippen LogP contribution in [0.25, 0.3) is 0 Å². The van der Waals surface area contributed by atoms with Gasteiger partial charge in [0.2, 0.25) is 11.8 Å². The van der Waals surface area contributed by atoms with Gasteiger partial charge in [-0.3, -0.25) is 9.59 Å². The van der Waals surface area contributed by atoms with Gasteiger partial charge in [-0.2, -0.15) is 0 Å². The Morgan fingerprint density at radius 1 is 1.12 bits per heavy atom. The van der Waals surface area contributed by atoms with Crippen molar-refractivity contribution in [2.45, 2.75) is 33.2 Å². The molecular weight excluding hydrogens is 218 g/mol. The second-order valence-corrected chi connectivity index (χ2v) is 5.54. The summed E-state index contributed by atoms with van der Waals surface area (Å²) in [6.45, 7) is 8.69. The summed E-state index contributed by atoms with van der Waals surface area (Å²) in [4.78, 5) is 26.6. The van der Waals surface area contributed by atoms with Crippen LogP contribution in [0.4, 0.5) is 0 Å². The lowest BCUT2D eigenvalue weighted by Crippen LogP contribution is -2.48. The Balaban J connectivity index is 4.26. The van der Waals surface area contributed by atoms with Crippen LogP contribution in [0.2, 0.25) is 0 Å². The number of hydrogen-bond acceptors (Lipinski definition) is 3. The maximum Gasteiger partial charge on any atom is 0.240 e. The number of hydrogen-bond donors (Lipinski definition) is 1. The molecule has 17 heavy (non-hydrogen) atoms. The second kappa shape index (κ2) is 6.59. The summed E-state index contributed by atoms with van der Waals surface area (Å²) in [5.41, 5.74) is -0.263. The van der Waals surface area contributed by atoms with Crippen LogP contribution in [-0.2, 0) is 9.59 Å². The van der Waals surface area contributed by atoms with E-state index in [0.29, 0.717) is 6.54 Å². The Labute approximate surface area is 104 Å². The van der Waals surface area contributed by atoms with Gasteiger partial charge in [-0.05, 0) is 34.9 Å². The Morgan fingerprint density at radius 3 is 2.00 bits per heavy atom. The number of nitrogens with one attached hydrogen (secondary N) is 1. The summed E-state index contributed by atoms with van der Waals surface area (Å²) in [5, 5.41) is 2.85. The first kappa shape index (κ1) is 15.9. The van der Waals surface area contributed by atoms with Gasteiger partial charge in [0.05, 0.1) is 6.54 Å². The number of likely N-dealkylation sites (N-methyl/N-ethyl adjacent to an activating group) is 1. The first-order chi connectivity index (χ1) is 7.61. The van der Waals surface area contributed by atoms with Gasteiger partial charge < -0.3 is 15.1 Å². The molecule has 0 unspecified atom stereocenters. The lowest BCUT2D eigenvalue weighted by Gasteiger charge is -2.26. The van der Waals surface area contributed by atoms with E-state index in [1.54, 1.807) is 4.90 Å². The molecule has 0 heterocycles. The molecule has 0 radical (unpaired) electrons. The Hall–Kier alpha value is -1.10. The zero-order chi connectivity index (χ0) is 13.6. The first-order valence-electron chi connectivity index (χ1n) is 5.83. The molecule has 0 aliphatic carbocycles. The van der Waals surface area contributed by atoms with Crippen LogP contribution in [0.15, 0.2) is 0 Å². The van der Waals surface area contributed by atoms with E-state index < -0.39 is 0 Å². The molecule has 0 saturated heterocycles. The highest BCUT2D eigenvalue weighted by molar-refractivity contribution is 5.84. The van der Waals surface area contributed by atoms with E-state index in [-0.39, 0.29) is 23.9 Å². The van der Waals surface area contributed by atoms with Crippen LogP contribution in [0.1, 0.15) is 27.7 Å². The van der Waals surface area contributed by atoms with Gasteiger partial charge >= 0.3 is 0 Å². The van der Waals surface area contributed by atoms with Gasteiger partial charge in [-0.1, -0.05) is 0 Å². The molecule has 0 aromatic rings. The molecule has 0 aliphatic heterocycles. The summed E-state index contributed by atoms with van der Waals surface area (Å²) in [5.74, 6) is -0.192. The van der Waals surface area contributed by atoms with E-state index in [0.717, 1.165) is 6.54 Å². The molecule has 5 heteroatoms. The molecule has 0 aromatic carbocycles. The molecule has 0 rings (SSSR count). The molecule has 2 amide bonds. The Kier molecular flexibility index (Phi) is 6.16. The van der Waals surface area contributed by atoms with Crippen molar-refractivity contribution in [2.24, 2.45) is 0 Å². The average molecular weight is 243 g/mol. The first-order valence-corrected chi connectivity index (χ1v) is 5.83. The van der Waals surface area contributed by atoms with Gasteiger partial charge in [0.1, 0.15) is 0 Å². The minimum absolute atomic E-state index is 0.0732. The fourth-order valence-electron chi connectivity index (χ4n) is 1.30. The third-order valence-electron chi connectivity index (χ3n) is 2.11. The smallest absolute Gasteiger partial charge is 0.240 e. The number of amides is 2. The van der Waals surface area contributed by atoms with Crippen molar-refractivity contribution in [1.29, 1.82) is 0 Å². The number of nitrogens with zero attached hydrogens (tertiary/aromatic N) is 2. The largest absolute Gasteiger partial charge is 0.350 e. The van der Waals surface area contributed by atoms with Gasteiger partial charge in [-0.25, -0.2) is 0 Å². The zero-order valence-corrected chi connectivity index (χ0v) is 11.8. The summed E-state index contributed by atoms with van der Waals surface area (Å²) in [6.07, 6.45) is 0. The normalized spacial score (nSPS) is 11.5. The highest BCUT2D eigenvalue weighted by atomic mass is 16.2. The van der Waals surface area contributed by atoms with Crippen LogP contribution in [0.5, 0.6) is 0 Å². The SMILES string of the molecule is CC(=O)N(CCN(C)C)CC(=O)NC(C)(C)C. The van der Waals surface area contributed by atoms with E-state index in [1.807, 2.05) is 39.8 Å². The fraction of sp³-hybridized carbons (Fsp3) is 0.833. The maximum absolute atomic E-state index is 11.7. The summed E-state index contributed by atoms with van der Waals surface area (Å²) in [6, 6.07) is 0. The minimum atomic E-state index is -0.263. The molecule has 0 spiro atoms. The molecule has 0 aliphatic rings. The third-order valence-corrected chi connectivity index (χ3v) is 2.11. The van der Waals surface area contributed by atoms with Gasteiger partial charge in [0.15, 0.2) is 0 Å². The van der Waals surface area contributed by atoms with Crippen molar-refractivity contribution < 1.29 is 9.59 Å². The van der Waals surface area contributed by atoms with Crippen LogP contribution in [0, 0.1) is 0 Å². The van der Waals surface area contributed by atoms with Crippen molar-refractivity contribution in [3.63, 3.8) is 0 Å². The third kappa shape index (κ3) is 8.68. The van der Waals surface area contributed by atoms with E-state index in [1.165, 1.54) is 6.92 Å². The minimum Gasteiger partial charge on any atom is -0.350 e. The number of carbonyl (C=O) groups excluding carboxylic acids is 2.